The highest BCUT2D eigenvalue weighted by Gasteiger charge is 2.32. The number of rotatable bonds is 3. The van der Waals surface area contributed by atoms with Gasteiger partial charge < -0.3 is 15.2 Å². The number of hydrogen-bond acceptors (Lipinski definition) is 3. The molecule has 1 saturated heterocycles. The van der Waals surface area contributed by atoms with E-state index in [-0.39, 0.29) is 24.3 Å². The van der Waals surface area contributed by atoms with Crippen LogP contribution in [0.5, 0.6) is 5.75 Å². The van der Waals surface area contributed by atoms with Gasteiger partial charge in [0.05, 0.1) is 13.0 Å². The molecule has 1 aliphatic rings. The molecular formula is C12H13F2NO3. The standard InChI is InChI=1S/C12H13F2NO3/c1-18-11-4-8(13)7(3-9(11)14)10-2-6(5-15-10)12(16)17/h3-4,6,10,15H,2,5H2,1H3,(H,16,17). The molecule has 1 aromatic rings. The molecule has 2 N–H and O–H groups in total. The fraction of sp³-hybridized carbons (Fsp3) is 0.417. The van der Waals surface area contributed by atoms with Crippen molar-refractivity contribution >= 4 is 5.97 Å². The van der Waals surface area contributed by atoms with E-state index in [2.05, 4.69) is 10.1 Å². The van der Waals surface area contributed by atoms with Gasteiger partial charge in [0.25, 0.3) is 0 Å². The van der Waals surface area contributed by atoms with Crippen LogP contribution in [0.15, 0.2) is 12.1 Å². The fourth-order valence-corrected chi connectivity index (χ4v) is 2.13. The largest absolute Gasteiger partial charge is 0.494 e. The van der Waals surface area contributed by atoms with E-state index in [1.807, 2.05) is 0 Å². The number of carbonyl (C=O) groups is 1. The van der Waals surface area contributed by atoms with Gasteiger partial charge in [-0.25, -0.2) is 8.78 Å². The van der Waals surface area contributed by atoms with Crippen LogP contribution in [-0.2, 0) is 4.79 Å². The lowest BCUT2D eigenvalue weighted by atomic mass is 9.99. The van der Waals surface area contributed by atoms with Crippen LogP contribution in [0.25, 0.3) is 0 Å². The average molecular weight is 257 g/mol. The summed E-state index contributed by atoms with van der Waals surface area (Å²) in [6, 6.07) is 1.54. The second-order valence-electron chi connectivity index (χ2n) is 4.24. The summed E-state index contributed by atoms with van der Waals surface area (Å²) >= 11 is 0. The number of nitrogens with one attached hydrogen (secondary N) is 1. The highest BCUT2D eigenvalue weighted by atomic mass is 19.1. The van der Waals surface area contributed by atoms with E-state index in [4.69, 9.17) is 5.11 Å². The summed E-state index contributed by atoms with van der Waals surface area (Å²) in [5.41, 5.74) is 0.136. The molecule has 2 unspecified atom stereocenters. The molecule has 98 valence electrons. The van der Waals surface area contributed by atoms with Crippen molar-refractivity contribution in [2.45, 2.75) is 12.5 Å². The maximum Gasteiger partial charge on any atom is 0.307 e. The van der Waals surface area contributed by atoms with E-state index < -0.39 is 29.6 Å². The molecule has 0 saturated carbocycles. The molecule has 0 amide bonds. The Morgan fingerprint density at radius 2 is 2.17 bits per heavy atom. The maximum absolute atomic E-state index is 13.8. The molecule has 1 fully saturated rings. The minimum Gasteiger partial charge on any atom is -0.494 e. The molecule has 0 aromatic heterocycles. The average Bonchev–Trinajstić information content (AvgIpc) is 2.81. The lowest BCUT2D eigenvalue weighted by Crippen LogP contribution is -2.17. The summed E-state index contributed by atoms with van der Waals surface area (Å²) in [6.07, 6.45) is 0.248. The summed E-state index contributed by atoms with van der Waals surface area (Å²) in [7, 11) is 1.26. The molecular weight excluding hydrogens is 244 g/mol. The Bertz CT molecular complexity index is 479. The van der Waals surface area contributed by atoms with E-state index >= 15 is 0 Å². The second kappa shape index (κ2) is 4.89. The topological polar surface area (TPSA) is 58.6 Å². The van der Waals surface area contributed by atoms with Crippen molar-refractivity contribution in [1.82, 2.24) is 5.32 Å². The smallest absolute Gasteiger partial charge is 0.307 e. The third-order valence-corrected chi connectivity index (χ3v) is 3.13. The van der Waals surface area contributed by atoms with Gasteiger partial charge in [0.2, 0.25) is 0 Å². The van der Waals surface area contributed by atoms with E-state index in [1.165, 1.54) is 7.11 Å². The van der Waals surface area contributed by atoms with E-state index in [9.17, 15) is 13.6 Å². The summed E-state index contributed by atoms with van der Waals surface area (Å²) in [6.45, 7) is 0.257. The van der Waals surface area contributed by atoms with Crippen molar-refractivity contribution in [3.63, 3.8) is 0 Å². The Morgan fingerprint density at radius 1 is 1.44 bits per heavy atom. The van der Waals surface area contributed by atoms with Crippen LogP contribution < -0.4 is 10.1 Å². The zero-order valence-electron chi connectivity index (χ0n) is 9.74. The van der Waals surface area contributed by atoms with Crippen LogP contribution in [0.1, 0.15) is 18.0 Å². The quantitative estimate of drug-likeness (QED) is 0.865. The molecule has 6 heteroatoms. The van der Waals surface area contributed by atoms with Gasteiger partial charge in [-0.05, 0) is 12.5 Å². The summed E-state index contributed by atoms with van der Waals surface area (Å²) in [5, 5.41) is 11.7. The van der Waals surface area contributed by atoms with E-state index in [0.29, 0.717) is 0 Å². The Hall–Kier alpha value is -1.69. The first-order chi connectivity index (χ1) is 8.52. The molecule has 1 heterocycles. The van der Waals surface area contributed by atoms with Crippen molar-refractivity contribution < 1.29 is 23.4 Å². The molecule has 0 bridgehead atoms. The first-order valence-electron chi connectivity index (χ1n) is 5.52. The zero-order chi connectivity index (χ0) is 13.3. The Balaban J connectivity index is 2.25. The van der Waals surface area contributed by atoms with Crippen LogP contribution in [-0.4, -0.2) is 24.7 Å². The van der Waals surface area contributed by atoms with Gasteiger partial charge in [-0.1, -0.05) is 0 Å². The van der Waals surface area contributed by atoms with Crippen molar-refractivity contribution in [2.75, 3.05) is 13.7 Å². The van der Waals surface area contributed by atoms with Gasteiger partial charge >= 0.3 is 5.97 Å². The molecule has 1 aromatic carbocycles. The molecule has 2 atom stereocenters. The predicted molar refractivity (Wildman–Crippen MR) is 59.4 cm³/mol. The van der Waals surface area contributed by atoms with Crippen LogP contribution in [0, 0.1) is 17.6 Å². The number of benzene rings is 1. The number of hydrogen-bond donors (Lipinski definition) is 2. The Labute approximate surface area is 103 Å². The second-order valence-corrected chi connectivity index (χ2v) is 4.24. The number of aliphatic carboxylic acids is 1. The minimum absolute atomic E-state index is 0.136. The van der Waals surface area contributed by atoms with Crippen LogP contribution >= 0.6 is 0 Å². The van der Waals surface area contributed by atoms with Gasteiger partial charge in [0.1, 0.15) is 5.82 Å². The van der Waals surface area contributed by atoms with Crippen molar-refractivity contribution in [1.29, 1.82) is 0 Å². The minimum atomic E-state index is -0.931. The monoisotopic (exact) mass is 257 g/mol. The van der Waals surface area contributed by atoms with Crippen molar-refractivity contribution in [3.8, 4) is 5.75 Å². The third-order valence-electron chi connectivity index (χ3n) is 3.13. The molecule has 0 spiro atoms. The Kier molecular flexibility index (Phi) is 3.47. The molecule has 18 heavy (non-hydrogen) atoms. The van der Waals surface area contributed by atoms with E-state index in [1.54, 1.807) is 0 Å². The van der Waals surface area contributed by atoms with Gasteiger partial charge in [0.15, 0.2) is 11.6 Å². The molecule has 2 rings (SSSR count). The summed E-state index contributed by atoms with van der Waals surface area (Å²) in [5.74, 6) is -2.92. The van der Waals surface area contributed by atoms with Gasteiger partial charge in [0, 0.05) is 24.2 Å². The number of carboxylic acid groups (broad SMARTS) is 1. The van der Waals surface area contributed by atoms with Crippen molar-refractivity contribution in [2.24, 2.45) is 5.92 Å². The normalized spacial score (nSPS) is 23.1. The van der Waals surface area contributed by atoms with Crippen molar-refractivity contribution in [3.05, 3.63) is 29.3 Å². The molecule has 1 aliphatic heterocycles. The fourth-order valence-electron chi connectivity index (χ4n) is 2.13. The van der Waals surface area contributed by atoms with Crippen LogP contribution in [0.2, 0.25) is 0 Å². The molecule has 4 nitrogen and oxygen atoms in total. The Morgan fingerprint density at radius 3 is 2.72 bits per heavy atom. The first kappa shape index (κ1) is 12.8. The SMILES string of the molecule is COc1cc(F)c(C2CC(C(=O)O)CN2)cc1F. The highest BCUT2D eigenvalue weighted by Crippen LogP contribution is 2.32. The van der Waals surface area contributed by atoms with E-state index in [0.717, 1.165) is 12.1 Å². The van der Waals surface area contributed by atoms with Gasteiger partial charge in [-0.3, -0.25) is 4.79 Å². The van der Waals surface area contributed by atoms with Crippen LogP contribution in [0.4, 0.5) is 8.78 Å². The summed E-state index contributed by atoms with van der Waals surface area (Å²) in [4.78, 5) is 10.8. The highest BCUT2D eigenvalue weighted by molar-refractivity contribution is 5.70. The van der Waals surface area contributed by atoms with Crippen LogP contribution in [0.3, 0.4) is 0 Å². The maximum atomic E-state index is 13.8. The lowest BCUT2D eigenvalue weighted by Gasteiger charge is -2.13. The number of ether oxygens (including phenoxy) is 1. The number of halogens is 2. The predicted octanol–water partition coefficient (Wildman–Crippen LogP) is 1.71. The number of carboxylic acids is 1. The summed E-state index contributed by atoms with van der Waals surface area (Å²) < 4.78 is 31.9. The third kappa shape index (κ3) is 2.28. The van der Waals surface area contributed by atoms with Gasteiger partial charge in [-0.15, -0.1) is 0 Å². The zero-order valence-corrected chi connectivity index (χ0v) is 9.74. The number of methoxy groups -OCH3 is 1. The van der Waals surface area contributed by atoms with Gasteiger partial charge in [-0.2, -0.15) is 0 Å². The first-order valence-corrected chi connectivity index (χ1v) is 5.52. The molecule has 0 aliphatic carbocycles. The molecule has 0 radical (unpaired) electrons. The lowest BCUT2D eigenvalue weighted by molar-refractivity contribution is -0.141.